The number of nitrogens with zero attached hydrogens (tertiary/aromatic N) is 1. The van der Waals surface area contributed by atoms with Gasteiger partial charge in [-0.05, 0) is 37.4 Å². The molecule has 1 unspecified atom stereocenters. The molecule has 1 saturated heterocycles. The number of likely N-dealkylation sites (tertiary alicyclic amines) is 1. The van der Waals surface area contributed by atoms with Gasteiger partial charge in [-0.3, -0.25) is 9.69 Å². The van der Waals surface area contributed by atoms with E-state index < -0.39 is 5.97 Å². The normalized spacial score (nSPS) is 19.8. The Morgan fingerprint density at radius 3 is 3.05 bits per heavy atom. The van der Waals surface area contributed by atoms with E-state index in [4.69, 9.17) is 5.11 Å². The van der Waals surface area contributed by atoms with Gasteiger partial charge in [-0.2, -0.15) is 0 Å². The smallest absolute Gasteiger partial charge is 0.303 e. The molecule has 2 heterocycles. The van der Waals surface area contributed by atoms with Crippen LogP contribution in [-0.2, 0) is 11.3 Å². The van der Waals surface area contributed by atoms with Crippen molar-refractivity contribution in [3.05, 3.63) is 35.5 Å². The lowest BCUT2D eigenvalue weighted by Crippen LogP contribution is -2.21. The van der Waals surface area contributed by atoms with Gasteiger partial charge in [0.05, 0.1) is 0 Å². The van der Waals surface area contributed by atoms with Gasteiger partial charge in [-0.25, -0.2) is 0 Å². The van der Waals surface area contributed by atoms with Gasteiger partial charge in [0.25, 0.3) is 0 Å². The van der Waals surface area contributed by atoms with Crippen molar-refractivity contribution in [3.8, 4) is 0 Å². The van der Waals surface area contributed by atoms with E-state index in [0.717, 1.165) is 26.1 Å². The van der Waals surface area contributed by atoms with E-state index in [1.807, 2.05) is 6.07 Å². The molecule has 3 rings (SSSR count). The second kappa shape index (κ2) is 5.29. The first-order valence-corrected chi connectivity index (χ1v) is 7.14. The Labute approximate surface area is 118 Å². The molecule has 4 heteroatoms. The minimum absolute atomic E-state index is 0.295. The van der Waals surface area contributed by atoms with Gasteiger partial charge in [0.2, 0.25) is 0 Å². The van der Waals surface area contributed by atoms with Crippen LogP contribution in [0.2, 0.25) is 0 Å². The largest absolute Gasteiger partial charge is 0.481 e. The van der Waals surface area contributed by atoms with Crippen LogP contribution in [0.1, 0.15) is 24.1 Å². The summed E-state index contributed by atoms with van der Waals surface area (Å²) in [6, 6.07) is 8.36. The van der Waals surface area contributed by atoms with Crippen LogP contribution in [0.15, 0.2) is 24.3 Å². The van der Waals surface area contributed by atoms with Crippen molar-refractivity contribution in [3.63, 3.8) is 0 Å². The fraction of sp³-hybridized carbons (Fsp3) is 0.438. The predicted octanol–water partition coefficient (Wildman–Crippen LogP) is 2.77. The lowest BCUT2D eigenvalue weighted by molar-refractivity contribution is -0.138. The number of hydrogen-bond acceptors (Lipinski definition) is 2. The first kappa shape index (κ1) is 13.2. The van der Waals surface area contributed by atoms with Crippen molar-refractivity contribution in [2.45, 2.75) is 26.3 Å². The third kappa shape index (κ3) is 2.56. The summed E-state index contributed by atoms with van der Waals surface area (Å²) in [6.07, 6.45) is 1.29. The SMILES string of the molecule is Cc1[nH]c2ccccc2c1CN1CCC(CC(=O)O)C1. The van der Waals surface area contributed by atoms with Crippen LogP contribution in [0.3, 0.4) is 0 Å². The topological polar surface area (TPSA) is 56.3 Å². The fourth-order valence-electron chi connectivity index (χ4n) is 3.23. The number of para-hydroxylation sites is 1. The Morgan fingerprint density at radius 2 is 2.25 bits per heavy atom. The second-order valence-corrected chi connectivity index (χ2v) is 5.76. The molecule has 1 fully saturated rings. The lowest BCUT2D eigenvalue weighted by atomic mass is 10.1. The monoisotopic (exact) mass is 272 g/mol. The zero-order valence-electron chi connectivity index (χ0n) is 11.7. The van der Waals surface area contributed by atoms with E-state index in [9.17, 15) is 4.79 Å². The number of carboxylic acids is 1. The molecule has 2 aromatic rings. The van der Waals surface area contributed by atoms with Crippen molar-refractivity contribution in [2.75, 3.05) is 13.1 Å². The average molecular weight is 272 g/mol. The van der Waals surface area contributed by atoms with E-state index in [2.05, 4.69) is 35.0 Å². The molecule has 0 saturated carbocycles. The summed E-state index contributed by atoms with van der Waals surface area (Å²) in [6.45, 7) is 4.91. The Morgan fingerprint density at radius 1 is 1.45 bits per heavy atom. The number of benzene rings is 1. The number of hydrogen-bond donors (Lipinski definition) is 2. The van der Waals surface area contributed by atoms with Crippen molar-refractivity contribution in [1.29, 1.82) is 0 Å². The molecule has 1 aromatic heterocycles. The molecule has 4 nitrogen and oxygen atoms in total. The quantitative estimate of drug-likeness (QED) is 0.899. The Balaban J connectivity index is 1.74. The van der Waals surface area contributed by atoms with Crippen LogP contribution in [-0.4, -0.2) is 34.0 Å². The highest BCUT2D eigenvalue weighted by molar-refractivity contribution is 5.84. The molecule has 106 valence electrons. The number of aryl methyl sites for hydroxylation is 1. The number of aromatic amines is 1. The van der Waals surface area contributed by atoms with Gasteiger partial charge in [-0.1, -0.05) is 18.2 Å². The second-order valence-electron chi connectivity index (χ2n) is 5.76. The van der Waals surface area contributed by atoms with Gasteiger partial charge >= 0.3 is 5.97 Å². The first-order chi connectivity index (χ1) is 9.63. The van der Waals surface area contributed by atoms with E-state index in [0.29, 0.717) is 12.3 Å². The van der Waals surface area contributed by atoms with Gasteiger partial charge in [0.1, 0.15) is 0 Å². The van der Waals surface area contributed by atoms with Crippen molar-refractivity contribution in [2.24, 2.45) is 5.92 Å². The molecule has 0 aliphatic carbocycles. The van der Waals surface area contributed by atoms with Gasteiger partial charge in [-0.15, -0.1) is 0 Å². The number of carbonyl (C=O) groups is 1. The number of aromatic nitrogens is 1. The number of aliphatic carboxylic acids is 1. The van der Waals surface area contributed by atoms with Crippen LogP contribution < -0.4 is 0 Å². The maximum Gasteiger partial charge on any atom is 0.303 e. The number of carboxylic acid groups (broad SMARTS) is 1. The fourth-order valence-corrected chi connectivity index (χ4v) is 3.23. The van der Waals surface area contributed by atoms with Gasteiger partial charge in [0.15, 0.2) is 0 Å². The molecular weight excluding hydrogens is 252 g/mol. The third-order valence-corrected chi connectivity index (χ3v) is 4.24. The van der Waals surface area contributed by atoms with Crippen LogP contribution in [0.25, 0.3) is 10.9 Å². The third-order valence-electron chi connectivity index (χ3n) is 4.24. The Hall–Kier alpha value is -1.81. The molecule has 1 aliphatic heterocycles. The van der Waals surface area contributed by atoms with E-state index >= 15 is 0 Å². The number of H-pyrrole nitrogens is 1. The standard InChI is InChI=1S/C16H20N2O2/c1-11-14(13-4-2-3-5-15(13)17-11)10-18-7-6-12(9-18)8-16(19)20/h2-5,12,17H,6-10H2,1H3,(H,19,20). The molecule has 0 bridgehead atoms. The summed E-state index contributed by atoms with van der Waals surface area (Å²) in [5.41, 5.74) is 3.74. The van der Waals surface area contributed by atoms with E-state index in [1.54, 1.807) is 0 Å². The molecule has 0 spiro atoms. The Kier molecular flexibility index (Phi) is 3.49. The van der Waals surface area contributed by atoms with Crippen LogP contribution in [0.4, 0.5) is 0 Å². The highest BCUT2D eigenvalue weighted by Crippen LogP contribution is 2.27. The average Bonchev–Trinajstić information content (AvgIpc) is 2.95. The molecule has 1 aliphatic rings. The molecule has 2 N–H and O–H groups in total. The minimum Gasteiger partial charge on any atom is -0.481 e. The molecule has 1 aromatic carbocycles. The lowest BCUT2D eigenvalue weighted by Gasteiger charge is -2.16. The van der Waals surface area contributed by atoms with Crippen LogP contribution in [0, 0.1) is 12.8 Å². The summed E-state index contributed by atoms with van der Waals surface area (Å²) in [7, 11) is 0. The summed E-state index contributed by atoms with van der Waals surface area (Å²) in [4.78, 5) is 16.6. The van der Waals surface area contributed by atoms with Gasteiger partial charge in [0, 0.05) is 36.1 Å². The van der Waals surface area contributed by atoms with Crippen LogP contribution >= 0.6 is 0 Å². The first-order valence-electron chi connectivity index (χ1n) is 7.14. The van der Waals surface area contributed by atoms with Crippen molar-refractivity contribution < 1.29 is 9.90 Å². The molecular formula is C16H20N2O2. The van der Waals surface area contributed by atoms with E-state index in [-0.39, 0.29) is 0 Å². The van der Waals surface area contributed by atoms with Gasteiger partial charge < -0.3 is 10.1 Å². The summed E-state index contributed by atoms with van der Waals surface area (Å²) < 4.78 is 0. The van der Waals surface area contributed by atoms with Crippen molar-refractivity contribution >= 4 is 16.9 Å². The summed E-state index contributed by atoms with van der Waals surface area (Å²) in [5.74, 6) is -0.377. The maximum absolute atomic E-state index is 10.8. The Bertz CT molecular complexity index is 632. The minimum atomic E-state index is -0.680. The summed E-state index contributed by atoms with van der Waals surface area (Å²) >= 11 is 0. The summed E-state index contributed by atoms with van der Waals surface area (Å²) in [5, 5.41) is 10.2. The predicted molar refractivity (Wildman–Crippen MR) is 78.7 cm³/mol. The molecule has 20 heavy (non-hydrogen) atoms. The number of fused-ring (bicyclic) bond motifs is 1. The highest BCUT2D eigenvalue weighted by atomic mass is 16.4. The maximum atomic E-state index is 10.8. The van der Waals surface area contributed by atoms with Crippen molar-refractivity contribution in [1.82, 2.24) is 9.88 Å². The van der Waals surface area contributed by atoms with E-state index in [1.165, 1.54) is 22.2 Å². The molecule has 0 amide bonds. The highest BCUT2D eigenvalue weighted by Gasteiger charge is 2.25. The molecule has 1 atom stereocenters. The molecule has 0 radical (unpaired) electrons. The zero-order valence-corrected chi connectivity index (χ0v) is 11.7. The zero-order chi connectivity index (χ0) is 14.1. The number of rotatable bonds is 4. The number of nitrogens with one attached hydrogen (secondary N) is 1. The van der Waals surface area contributed by atoms with Crippen LogP contribution in [0.5, 0.6) is 0 Å².